The zero-order valence-electron chi connectivity index (χ0n) is 7.31. The average molecular weight is 342 g/mol. The molecule has 0 bridgehead atoms. The van der Waals surface area contributed by atoms with Gasteiger partial charge in [0.1, 0.15) is 5.75 Å². The molecule has 76 valence electrons. The van der Waals surface area contributed by atoms with E-state index in [9.17, 15) is 4.79 Å². The third-order valence-corrected chi connectivity index (χ3v) is 3.12. The summed E-state index contributed by atoms with van der Waals surface area (Å²) in [6.45, 7) is 0. The SMILES string of the molecule is COc1cc(C(=O)CBr)c(Br)cc1Cl. The van der Waals surface area contributed by atoms with Crippen LogP contribution in [0.2, 0.25) is 5.02 Å². The van der Waals surface area contributed by atoms with Gasteiger partial charge in [-0.25, -0.2) is 0 Å². The minimum Gasteiger partial charge on any atom is -0.495 e. The lowest BCUT2D eigenvalue weighted by Gasteiger charge is -2.07. The molecule has 1 aromatic rings. The number of Topliss-reactive ketones (excluding diaryl/α,β-unsaturated/α-hetero) is 1. The van der Waals surface area contributed by atoms with Crippen LogP contribution in [-0.2, 0) is 0 Å². The van der Waals surface area contributed by atoms with Crippen molar-refractivity contribution in [1.82, 2.24) is 0 Å². The molecule has 0 atom stereocenters. The van der Waals surface area contributed by atoms with Gasteiger partial charge in [0.05, 0.1) is 17.5 Å². The van der Waals surface area contributed by atoms with Gasteiger partial charge < -0.3 is 4.74 Å². The van der Waals surface area contributed by atoms with Crippen molar-refractivity contribution in [3.8, 4) is 5.75 Å². The molecule has 1 rings (SSSR count). The van der Waals surface area contributed by atoms with Crippen LogP contribution in [-0.4, -0.2) is 18.2 Å². The summed E-state index contributed by atoms with van der Waals surface area (Å²) in [5.74, 6) is 0.478. The standard InChI is InChI=1S/C9H7Br2ClO2/c1-14-9-2-5(8(13)4-10)6(11)3-7(9)12/h2-3H,4H2,1H3. The average Bonchev–Trinajstić information content (AvgIpc) is 2.17. The largest absolute Gasteiger partial charge is 0.495 e. The quantitative estimate of drug-likeness (QED) is 0.619. The van der Waals surface area contributed by atoms with Gasteiger partial charge in [-0.1, -0.05) is 27.5 Å². The topological polar surface area (TPSA) is 26.3 Å². The lowest BCUT2D eigenvalue weighted by Crippen LogP contribution is -2.01. The number of ketones is 1. The van der Waals surface area contributed by atoms with Gasteiger partial charge in [0.15, 0.2) is 5.78 Å². The van der Waals surface area contributed by atoms with E-state index < -0.39 is 0 Å². The molecular weight excluding hydrogens is 335 g/mol. The number of hydrogen-bond acceptors (Lipinski definition) is 2. The summed E-state index contributed by atoms with van der Waals surface area (Å²) in [4.78, 5) is 11.4. The molecule has 0 aliphatic carbocycles. The first-order chi connectivity index (χ1) is 6.60. The molecular formula is C9H7Br2ClO2. The van der Waals surface area contributed by atoms with E-state index in [1.165, 1.54) is 7.11 Å². The maximum Gasteiger partial charge on any atom is 0.174 e. The van der Waals surface area contributed by atoms with E-state index in [4.69, 9.17) is 16.3 Å². The number of benzene rings is 1. The summed E-state index contributed by atoms with van der Waals surface area (Å²) < 4.78 is 5.69. The molecule has 0 saturated heterocycles. The van der Waals surface area contributed by atoms with E-state index in [1.807, 2.05) is 0 Å². The third kappa shape index (κ3) is 2.49. The number of carbonyl (C=O) groups excluding carboxylic acids is 1. The lowest BCUT2D eigenvalue weighted by atomic mass is 10.1. The molecule has 5 heteroatoms. The molecule has 0 aliphatic rings. The summed E-state index contributed by atoms with van der Waals surface area (Å²) >= 11 is 12.2. The molecule has 0 radical (unpaired) electrons. The first kappa shape index (κ1) is 12.0. The monoisotopic (exact) mass is 340 g/mol. The number of hydrogen-bond donors (Lipinski definition) is 0. The minimum absolute atomic E-state index is 0.0214. The van der Waals surface area contributed by atoms with Crippen molar-refractivity contribution >= 4 is 49.2 Å². The Morgan fingerprint density at radius 1 is 1.57 bits per heavy atom. The number of alkyl halides is 1. The Morgan fingerprint density at radius 3 is 2.71 bits per heavy atom. The highest BCUT2D eigenvalue weighted by Crippen LogP contribution is 2.31. The minimum atomic E-state index is -0.0214. The summed E-state index contributed by atoms with van der Waals surface area (Å²) in [6, 6.07) is 3.27. The second-order valence-corrected chi connectivity index (χ2v) is 4.35. The number of methoxy groups -OCH3 is 1. The zero-order chi connectivity index (χ0) is 10.7. The molecule has 0 N–H and O–H groups in total. The molecule has 14 heavy (non-hydrogen) atoms. The van der Waals surface area contributed by atoms with Crippen molar-refractivity contribution in [2.75, 3.05) is 12.4 Å². The molecule has 0 spiro atoms. The van der Waals surface area contributed by atoms with E-state index in [-0.39, 0.29) is 11.1 Å². The van der Waals surface area contributed by atoms with Gasteiger partial charge in [-0.05, 0) is 28.1 Å². The number of carbonyl (C=O) groups is 1. The van der Waals surface area contributed by atoms with Gasteiger partial charge >= 0.3 is 0 Å². The Bertz CT molecular complexity index is 366. The van der Waals surface area contributed by atoms with Gasteiger partial charge in [-0.2, -0.15) is 0 Å². The maximum absolute atomic E-state index is 11.4. The Balaban J connectivity index is 3.24. The third-order valence-electron chi connectivity index (χ3n) is 1.66. The van der Waals surface area contributed by atoms with E-state index in [1.54, 1.807) is 12.1 Å². The molecule has 0 unspecified atom stereocenters. The van der Waals surface area contributed by atoms with Crippen LogP contribution in [0, 0.1) is 0 Å². The molecule has 0 amide bonds. The van der Waals surface area contributed by atoms with Crippen molar-refractivity contribution in [2.24, 2.45) is 0 Å². The Hall–Kier alpha value is -0.0600. The molecule has 1 aromatic carbocycles. The number of halogens is 3. The fourth-order valence-electron chi connectivity index (χ4n) is 0.971. The highest BCUT2D eigenvalue weighted by Gasteiger charge is 2.12. The Kier molecular flexibility index (Phi) is 4.41. The summed E-state index contributed by atoms with van der Waals surface area (Å²) in [5, 5.41) is 0.752. The first-order valence-electron chi connectivity index (χ1n) is 3.72. The van der Waals surface area contributed by atoms with Crippen molar-refractivity contribution in [2.45, 2.75) is 0 Å². The summed E-state index contributed by atoms with van der Waals surface area (Å²) in [6.07, 6.45) is 0. The molecule has 0 heterocycles. The lowest BCUT2D eigenvalue weighted by molar-refractivity contribution is 0.102. The predicted octanol–water partition coefficient (Wildman–Crippen LogP) is 3.69. The molecule has 0 saturated carbocycles. The predicted molar refractivity (Wildman–Crippen MR) is 63.8 cm³/mol. The fraction of sp³-hybridized carbons (Fsp3) is 0.222. The van der Waals surface area contributed by atoms with E-state index in [2.05, 4.69) is 31.9 Å². The second kappa shape index (κ2) is 5.14. The van der Waals surface area contributed by atoms with Gasteiger partial charge in [0.2, 0.25) is 0 Å². The Labute approximate surface area is 104 Å². The highest BCUT2D eigenvalue weighted by molar-refractivity contribution is 9.10. The van der Waals surface area contributed by atoms with Crippen LogP contribution < -0.4 is 4.74 Å². The second-order valence-electron chi connectivity index (χ2n) is 2.52. The Morgan fingerprint density at radius 2 is 2.21 bits per heavy atom. The van der Waals surface area contributed by atoms with Gasteiger partial charge in [0, 0.05) is 10.0 Å². The van der Waals surface area contributed by atoms with Crippen molar-refractivity contribution < 1.29 is 9.53 Å². The molecule has 0 aromatic heterocycles. The molecule has 2 nitrogen and oxygen atoms in total. The smallest absolute Gasteiger partial charge is 0.174 e. The zero-order valence-corrected chi connectivity index (χ0v) is 11.2. The van der Waals surface area contributed by atoms with Crippen molar-refractivity contribution in [3.63, 3.8) is 0 Å². The molecule has 0 fully saturated rings. The van der Waals surface area contributed by atoms with Gasteiger partial charge in [-0.3, -0.25) is 4.79 Å². The molecule has 0 aliphatic heterocycles. The van der Waals surface area contributed by atoms with E-state index in [0.717, 1.165) is 0 Å². The van der Waals surface area contributed by atoms with Crippen LogP contribution >= 0.6 is 43.5 Å². The van der Waals surface area contributed by atoms with Crippen molar-refractivity contribution in [1.29, 1.82) is 0 Å². The van der Waals surface area contributed by atoms with Crippen LogP contribution in [0.3, 0.4) is 0 Å². The summed E-state index contributed by atoms with van der Waals surface area (Å²) in [7, 11) is 1.51. The van der Waals surface area contributed by atoms with Gasteiger partial charge in [0.25, 0.3) is 0 Å². The fourth-order valence-corrected chi connectivity index (χ4v) is 2.21. The normalized spacial score (nSPS) is 10.0. The van der Waals surface area contributed by atoms with Crippen LogP contribution in [0.5, 0.6) is 5.75 Å². The highest BCUT2D eigenvalue weighted by atomic mass is 79.9. The van der Waals surface area contributed by atoms with Crippen LogP contribution in [0.1, 0.15) is 10.4 Å². The van der Waals surface area contributed by atoms with E-state index in [0.29, 0.717) is 20.8 Å². The number of rotatable bonds is 3. The number of ether oxygens (including phenoxy) is 1. The van der Waals surface area contributed by atoms with Crippen molar-refractivity contribution in [3.05, 3.63) is 27.2 Å². The van der Waals surface area contributed by atoms with Crippen LogP contribution in [0.25, 0.3) is 0 Å². The van der Waals surface area contributed by atoms with Gasteiger partial charge in [-0.15, -0.1) is 0 Å². The summed E-state index contributed by atoms with van der Waals surface area (Å²) in [5.41, 5.74) is 0.558. The van der Waals surface area contributed by atoms with Crippen LogP contribution in [0.4, 0.5) is 0 Å². The van der Waals surface area contributed by atoms with E-state index >= 15 is 0 Å². The maximum atomic E-state index is 11.4. The first-order valence-corrected chi connectivity index (χ1v) is 6.01. The van der Waals surface area contributed by atoms with Crippen LogP contribution in [0.15, 0.2) is 16.6 Å².